The smallest absolute Gasteiger partial charge is 0.187 e. The van der Waals surface area contributed by atoms with Crippen LogP contribution in [0.1, 0.15) is 31.2 Å². The van der Waals surface area contributed by atoms with Crippen LogP contribution < -0.4 is 10.7 Å². The van der Waals surface area contributed by atoms with Gasteiger partial charge in [-0.2, -0.15) is 5.10 Å². The van der Waals surface area contributed by atoms with Crippen LogP contribution >= 0.6 is 12.2 Å². The van der Waals surface area contributed by atoms with Crippen molar-refractivity contribution < 1.29 is 5.11 Å². The summed E-state index contributed by atoms with van der Waals surface area (Å²) in [5, 5.41) is 17.3. The minimum Gasteiger partial charge on any atom is -0.508 e. The molecule has 3 rings (SSSR count). The predicted octanol–water partition coefficient (Wildman–Crippen LogP) is 2.38. The summed E-state index contributed by atoms with van der Waals surface area (Å²) < 4.78 is 0. The molecule has 0 spiro atoms. The van der Waals surface area contributed by atoms with Gasteiger partial charge in [0.2, 0.25) is 0 Å². The van der Waals surface area contributed by atoms with E-state index in [1.165, 1.54) is 25.7 Å². The van der Waals surface area contributed by atoms with Crippen molar-refractivity contribution >= 4 is 23.5 Å². The van der Waals surface area contributed by atoms with E-state index in [9.17, 15) is 5.11 Å². The van der Waals surface area contributed by atoms with E-state index >= 15 is 0 Å². The van der Waals surface area contributed by atoms with Crippen LogP contribution in [0.5, 0.6) is 5.75 Å². The number of aromatic hydroxyl groups is 1. The Hall–Kier alpha value is -1.62. The van der Waals surface area contributed by atoms with Crippen LogP contribution in [0.25, 0.3) is 0 Å². The summed E-state index contributed by atoms with van der Waals surface area (Å²) in [6.07, 6.45) is 7.02. The van der Waals surface area contributed by atoms with Crippen LogP contribution in [-0.2, 0) is 0 Å². The molecule has 2 aliphatic carbocycles. The Morgan fingerprint density at radius 1 is 1.25 bits per heavy atom. The summed E-state index contributed by atoms with van der Waals surface area (Å²) in [7, 11) is 0. The van der Waals surface area contributed by atoms with E-state index in [0.29, 0.717) is 11.2 Å². The zero-order valence-electron chi connectivity index (χ0n) is 11.2. The third-order valence-electron chi connectivity index (χ3n) is 4.33. The number of hydrogen-bond acceptors (Lipinski definition) is 3. The lowest BCUT2D eigenvalue weighted by Crippen LogP contribution is -2.42. The number of phenols is 1. The molecule has 2 bridgehead atoms. The maximum Gasteiger partial charge on any atom is 0.187 e. The van der Waals surface area contributed by atoms with Crippen LogP contribution in [0.4, 0.5) is 0 Å². The number of benzene rings is 1. The Bertz CT molecular complexity index is 514. The van der Waals surface area contributed by atoms with Gasteiger partial charge in [-0.15, -0.1) is 0 Å². The lowest BCUT2D eigenvalue weighted by Gasteiger charge is -2.23. The molecule has 0 aromatic heterocycles. The van der Waals surface area contributed by atoms with E-state index in [2.05, 4.69) is 15.8 Å². The Kier molecular flexibility index (Phi) is 3.87. The lowest BCUT2D eigenvalue weighted by atomic mass is 9.96. The van der Waals surface area contributed by atoms with Crippen molar-refractivity contribution in [3.63, 3.8) is 0 Å². The monoisotopic (exact) mass is 289 g/mol. The Balaban J connectivity index is 1.46. The molecule has 0 amide bonds. The van der Waals surface area contributed by atoms with Gasteiger partial charge in [0.05, 0.1) is 6.21 Å². The molecule has 0 radical (unpaired) electrons. The lowest BCUT2D eigenvalue weighted by molar-refractivity contribution is 0.389. The van der Waals surface area contributed by atoms with Gasteiger partial charge in [-0.1, -0.05) is 6.42 Å². The maximum absolute atomic E-state index is 9.19. The first-order valence-electron chi connectivity index (χ1n) is 7.09. The normalized spacial score (nSPS) is 27.9. The number of fused-ring (bicyclic) bond motifs is 2. The first kappa shape index (κ1) is 13.4. The average Bonchev–Trinajstić information content (AvgIpc) is 3.03. The molecule has 2 aliphatic rings. The van der Waals surface area contributed by atoms with Crippen molar-refractivity contribution in [1.82, 2.24) is 10.7 Å². The van der Waals surface area contributed by atoms with Gasteiger partial charge in [-0.3, -0.25) is 5.43 Å². The molecule has 3 N–H and O–H groups in total. The fraction of sp³-hybridized carbons (Fsp3) is 0.467. The zero-order chi connectivity index (χ0) is 13.9. The summed E-state index contributed by atoms with van der Waals surface area (Å²) in [5.41, 5.74) is 3.77. The van der Waals surface area contributed by atoms with Crippen molar-refractivity contribution in [1.29, 1.82) is 0 Å². The van der Waals surface area contributed by atoms with Crippen molar-refractivity contribution in [2.24, 2.45) is 16.9 Å². The molecule has 0 saturated heterocycles. The van der Waals surface area contributed by atoms with E-state index in [-0.39, 0.29) is 5.75 Å². The van der Waals surface area contributed by atoms with Crippen molar-refractivity contribution in [3.8, 4) is 5.75 Å². The largest absolute Gasteiger partial charge is 0.508 e. The van der Waals surface area contributed by atoms with Crippen molar-refractivity contribution in [2.45, 2.75) is 31.7 Å². The average molecular weight is 289 g/mol. The Labute approximate surface area is 124 Å². The molecule has 2 fully saturated rings. The summed E-state index contributed by atoms with van der Waals surface area (Å²) in [6.45, 7) is 0. The highest BCUT2D eigenvalue weighted by Gasteiger charge is 2.39. The first-order chi connectivity index (χ1) is 9.70. The summed E-state index contributed by atoms with van der Waals surface area (Å²) in [5.74, 6) is 1.95. The number of rotatable bonds is 3. The highest BCUT2D eigenvalue weighted by atomic mass is 32.1. The molecule has 4 nitrogen and oxygen atoms in total. The third-order valence-corrected chi connectivity index (χ3v) is 4.54. The standard InChI is InChI=1S/C15H19N3OS/c19-13-5-2-10(3-6-13)9-16-18-15(20)17-14-8-11-1-4-12(14)7-11/h2-3,5-6,9,11-12,14,19H,1,4,7-8H2,(H2,17,18,20)/b16-9+/t11-,12+,14-/m0/s1. The molecular formula is C15H19N3OS. The van der Waals surface area contributed by atoms with Gasteiger partial charge >= 0.3 is 0 Å². The van der Waals surface area contributed by atoms with Crippen LogP contribution in [0, 0.1) is 11.8 Å². The van der Waals surface area contributed by atoms with Gasteiger partial charge in [0.15, 0.2) is 5.11 Å². The van der Waals surface area contributed by atoms with E-state index < -0.39 is 0 Å². The van der Waals surface area contributed by atoms with Gasteiger partial charge in [-0.25, -0.2) is 0 Å². The number of hydrazone groups is 1. The summed E-state index contributed by atoms with van der Waals surface area (Å²) in [4.78, 5) is 0. The highest BCUT2D eigenvalue weighted by Crippen LogP contribution is 2.44. The molecule has 5 heteroatoms. The van der Waals surface area contributed by atoms with Crippen molar-refractivity contribution in [3.05, 3.63) is 29.8 Å². The fourth-order valence-electron chi connectivity index (χ4n) is 3.35. The quantitative estimate of drug-likeness (QED) is 0.454. The topological polar surface area (TPSA) is 56.7 Å². The molecule has 0 heterocycles. The maximum atomic E-state index is 9.19. The fourth-order valence-corrected chi connectivity index (χ4v) is 3.55. The number of thiocarbonyl (C=S) groups is 1. The van der Waals surface area contributed by atoms with E-state index in [1.807, 2.05) is 0 Å². The van der Waals surface area contributed by atoms with Gasteiger partial charge < -0.3 is 10.4 Å². The second kappa shape index (κ2) is 5.79. The summed E-state index contributed by atoms with van der Waals surface area (Å²) in [6, 6.07) is 7.39. The SMILES string of the molecule is Oc1ccc(/C=N/NC(=S)N[C@H]2C[C@H]3CC[C@@H]2C3)cc1. The van der Waals surface area contributed by atoms with Gasteiger partial charge in [0, 0.05) is 6.04 Å². The first-order valence-corrected chi connectivity index (χ1v) is 7.50. The van der Waals surface area contributed by atoms with Crippen LogP contribution in [0.15, 0.2) is 29.4 Å². The second-order valence-corrected chi connectivity index (χ2v) is 6.12. The van der Waals surface area contributed by atoms with Crippen molar-refractivity contribution in [2.75, 3.05) is 0 Å². The molecule has 0 aliphatic heterocycles. The highest BCUT2D eigenvalue weighted by molar-refractivity contribution is 7.80. The molecule has 3 atom stereocenters. The number of nitrogens with zero attached hydrogens (tertiary/aromatic N) is 1. The molecule has 0 unspecified atom stereocenters. The molecule has 20 heavy (non-hydrogen) atoms. The minimum absolute atomic E-state index is 0.253. The third kappa shape index (κ3) is 3.10. The molecule has 106 valence electrons. The Morgan fingerprint density at radius 2 is 2.05 bits per heavy atom. The number of phenolic OH excluding ortho intramolecular Hbond substituents is 1. The molecular weight excluding hydrogens is 270 g/mol. The predicted molar refractivity (Wildman–Crippen MR) is 83.8 cm³/mol. The molecule has 1 aromatic rings. The van der Waals surface area contributed by atoms with Crippen LogP contribution in [-0.4, -0.2) is 22.5 Å². The number of nitrogens with one attached hydrogen (secondary N) is 2. The molecule has 2 saturated carbocycles. The van der Waals surface area contributed by atoms with Gasteiger partial charge in [0.25, 0.3) is 0 Å². The number of hydrogen-bond donors (Lipinski definition) is 3. The van der Waals surface area contributed by atoms with Crippen LogP contribution in [0.3, 0.4) is 0 Å². The Morgan fingerprint density at radius 3 is 2.70 bits per heavy atom. The van der Waals surface area contributed by atoms with E-state index in [4.69, 9.17) is 12.2 Å². The summed E-state index contributed by atoms with van der Waals surface area (Å²) >= 11 is 5.27. The zero-order valence-corrected chi connectivity index (χ0v) is 12.1. The molecule has 1 aromatic carbocycles. The minimum atomic E-state index is 0.253. The van der Waals surface area contributed by atoms with E-state index in [1.54, 1.807) is 30.5 Å². The van der Waals surface area contributed by atoms with Gasteiger partial charge in [0.1, 0.15) is 5.75 Å². The van der Waals surface area contributed by atoms with E-state index in [0.717, 1.165) is 17.4 Å². The second-order valence-electron chi connectivity index (χ2n) is 5.72. The van der Waals surface area contributed by atoms with Gasteiger partial charge in [-0.05, 0) is 73.1 Å². The van der Waals surface area contributed by atoms with Crippen LogP contribution in [0.2, 0.25) is 0 Å².